The number of amides is 1. The molecule has 3 aromatic heterocycles. The van der Waals surface area contributed by atoms with Crippen molar-refractivity contribution in [3.8, 4) is 0 Å². The van der Waals surface area contributed by atoms with E-state index in [1.54, 1.807) is 17.1 Å². The highest BCUT2D eigenvalue weighted by molar-refractivity contribution is 5.76. The molecule has 3 aromatic rings. The van der Waals surface area contributed by atoms with E-state index in [1.165, 1.54) is 17.1 Å². The Labute approximate surface area is 150 Å². The standard InChI is InChI=1S/C18H22N6O2/c1-18(2,3)24-16-14(11-22-24)17(26)23(12-21-16)9-6-15(25)20-10-13-4-7-19-8-5-13/h4-5,7-8,11-12H,6,9-10H2,1-3H3,(H,20,25). The van der Waals surface area contributed by atoms with E-state index in [0.717, 1.165) is 5.56 Å². The maximum absolute atomic E-state index is 12.6. The SMILES string of the molecule is CC(C)(C)n1ncc2c(=O)n(CCC(=O)NCc3ccncc3)cnc21. The predicted octanol–water partition coefficient (Wildman–Crippen LogP) is 1.45. The van der Waals surface area contributed by atoms with E-state index in [1.807, 2.05) is 32.9 Å². The van der Waals surface area contributed by atoms with E-state index in [4.69, 9.17) is 0 Å². The molecule has 1 amide bonds. The third-order valence-electron chi connectivity index (χ3n) is 4.01. The number of aryl methyl sites for hydroxylation is 1. The van der Waals surface area contributed by atoms with Gasteiger partial charge in [-0.1, -0.05) is 0 Å². The monoisotopic (exact) mass is 354 g/mol. The maximum Gasteiger partial charge on any atom is 0.264 e. The van der Waals surface area contributed by atoms with E-state index >= 15 is 0 Å². The van der Waals surface area contributed by atoms with E-state index in [0.29, 0.717) is 17.6 Å². The van der Waals surface area contributed by atoms with Gasteiger partial charge in [-0.2, -0.15) is 5.10 Å². The fraction of sp³-hybridized carbons (Fsp3) is 0.389. The molecule has 0 atom stereocenters. The van der Waals surface area contributed by atoms with Gasteiger partial charge in [0.2, 0.25) is 5.91 Å². The summed E-state index contributed by atoms with van der Waals surface area (Å²) < 4.78 is 3.18. The van der Waals surface area contributed by atoms with Crippen molar-refractivity contribution in [2.24, 2.45) is 0 Å². The second-order valence-corrected chi connectivity index (χ2v) is 7.09. The zero-order valence-electron chi connectivity index (χ0n) is 15.1. The van der Waals surface area contributed by atoms with Crippen LogP contribution in [0.4, 0.5) is 0 Å². The Bertz CT molecular complexity index is 969. The van der Waals surface area contributed by atoms with Crippen LogP contribution in [0.1, 0.15) is 32.8 Å². The maximum atomic E-state index is 12.6. The Balaban J connectivity index is 1.67. The van der Waals surface area contributed by atoms with Crippen molar-refractivity contribution in [1.29, 1.82) is 0 Å². The molecular formula is C18H22N6O2. The molecule has 1 N–H and O–H groups in total. The quantitative estimate of drug-likeness (QED) is 0.748. The Hall–Kier alpha value is -3.03. The van der Waals surface area contributed by atoms with Crippen LogP contribution in [-0.2, 0) is 23.4 Å². The van der Waals surface area contributed by atoms with Crippen LogP contribution in [0, 0.1) is 0 Å². The predicted molar refractivity (Wildman–Crippen MR) is 97.5 cm³/mol. The molecule has 3 heterocycles. The first kappa shape index (κ1) is 17.8. The van der Waals surface area contributed by atoms with Gasteiger partial charge in [-0.05, 0) is 38.5 Å². The summed E-state index contributed by atoms with van der Waals surface area (Å²) >= 11 is 0. The number of carbonyl (C=O) groups is 1. The lowest BCUT2D eigenvalue weighted by atomic mass is 10.1. The second-order valence-electron chi connectivity index (χ2n) is 7.09. The summed E-state index contributed by atoms with van der Waals surface area (Å²) in [4.78, 5) is 32.9. The van der Waals surface area contributed by atoms with Crippen molar-refractivity contribution < 1.29 is 4.79 Å². The molecule has 136 valence electrons. The van der Waals surface area contributed by atoms with Crippen molar-refractivity contribution in [2.75, 3.05) is 0 Å². The van der Waals surface area contributed by atoms with Crippen LogP contribution in [0.5, 0.6) is 0 Å². The average Bonchev–Trinajstić information content (AvgIpc) is 3.05. The van der Waals surface area contributed by atoms with E-state index in [-0.39, 0.29) is 30.0 Å². The molecule has 0 aliphatic carbocycles. The normalized spacial score (nSPS) is 11.7. The molecule has 26 heavy (non-hydrogen) atoms. The number of nitrogens with zero attached hydrogens (tertiary/aromatic N) is 5. The number of hydrogen-bond acceptors (Lipinski definition) is 5. The summed E-state index contributed by atoms with van der Waals surface area (Å²) in [7, 11) is 0. The summed E-state index contributed by atoms with van der Waals surface area (Å²) in [6.45, 7) is 6.70. The zero-order valence-corrected chi connectivity index (χ0v) is 15.1. The second kappa shape index (κ2) is 7.07. The van der Waals surface area contributed by atoms with E-state index < -0.39 is 0 Å². The first-order chi connectivity index (χ1) is 12.4. The summed E-state index contributed by atoms with van der Waals surface area (Å²) in [6.07, 6.45) is 6.58. The highest BCUT2D eigenvalue weighted by Crippen LogP contribution is 2.17. The third kappa shape index (κ3) is 3.79. The number of pyridine rings is 1. The molecule has 3 rings (SSSR count). The van der Waals surface area contributed by atoms with Crippen molar-refractivity contribution in [3.05, 3.63) is 53.0 Å². The van der Waals surface area contributed by atoms with Crippen molar-refractivity contribution >= 4 is 16.9 Å². The van der Waals surface area contributed by atoms with Crippen molar-refractivity contribution in [3.63, 3.8) is 0 Å². The molecule has 0 bridgehead atoms. The van der Waals surface area contributed by atoms with Crippen LogP contribution in [0.2, 0.25) is 0 Å². The fourth-order valence-electron chi connectivity index (χ4n) is 2.61. The van der Waals surface area contributed by atoms with Crippen LogP contribution < -0.4 is 10.9 Å². The summed E-state index contributed by atoms with van der Waals surface area (Å²) in [5.41, 5.74) is 1.08. The van der Waals surface area contributed by atoms with Gasteiger partial charge >= 0.3 is 0 Å². The van der Waals surface area contributed by atoms with Gasteiger partial charge in [0.05, 0.1) is 18.1 Å². The van der Waals surface area contributed by atoms with Gasteiger partial charge in [0.25, 0.3) is 5.56 Å². The lowest BCUT2D eigenvalue weighted by molar-refractivity contribution is -0.121. The molecule has 0 aromatic carbocycles. The van der Waals surface area contributed by atoms with Crippen LogP contribution in [0.25, 0.3) is 11.0 Å². The van der Waals surface area contributed by atoms with E-state index in [2.05, 4.69) is 20.4 Å². The van der Waals surface area contributed by atoms with Gasteiger partial charge in [-0.15, -0.1) is 0 Å². The minimum absolute atomic E-state index is 0.126. The smallest absolute Gasteiger partial charge is 0.264 e. The molecule has 0 radical (unpaired) electrons. The van der Waals surface area contributed by atoms with E-state index in [9.17, 15) is 9.59 Å². The molecular weight excluding hydrogens is 332 g/mol. The molecule has 0 fully saturated rings. The molecule has 0 aliphatic rings. The lowest BCUT2D eigenvalue weighted by Gasteiger charge is -2.19. The number of hydrogen-bond donors (Lipinski definition) is 1. The number of rotatable bonds is 5. The lowest BCUT2D eigenvalue weighted by Crippen LogP contribution is -2.28. The molecule has 0 spiro atoms. The minimum Gasteiger partial charge on any atom is -0.352 e. The molecule has 8 heteroatoms. The van der Waals surface area contributed by atoms with Crippen molar-refractivity contribution in [2.45, 2.75) is 45.8 Å². The summed E-state index contributed by atoms with van der Waals surface area (Å²) in [5, 5.41) is 7.57. The zero-order chi connectivity index (χ0) is 18.7. The first-order valence-corrected chi connectivity index (χ1v) is 8.45. The molecule has 0 saturated carbocycles. The topological polar surface area (TPSA) is 94.7 Å². The molecule has 0 unspecified atom stereocenters. The molecule has 0 aliphatic heterocycles. The van der Waals surface area contributed by atoms with Crippen LogP contribution >= 0.6 is 0 Å². The Morgan fingerprint density at radius 1 is 1.23 bits per heavy atom. The number of aromatic nitrogens is 5. The Kier molecular flexibility index (Phi) is 4.83. The average molecular weight is 354 g/mol. The minimum atomic E-state index is -0.264. The largest absolute Gasteiger partial charge is 0.352 e. The Morgan fingerprint density at radius 2 is 1.96 bits per heavy atom. The summed E-state index contributed by atoms with van der Waals surface area (Å²) in [5.74, 6) is -0.126. The van der Waals surface area contributed by atoms with Crippen LogP contribution in [0.3, 0.4) is 0 Å². The van der Waals surface area contributed by atoms with Crippen LogP contribution in [-0.4, -0.2) is 30.2 Å². The molecule has 0 saturated heterocycles. The van der Waals surface area contributed by atoms with Gasteiger partial charge in [0.1, 0.15) is 5.39 Å². The van der Waals surface area contributed by atoms with Gasteiger partial charge in [-0.25, -0.2) is 9.67 Å². The van der Waals surface area contributed by atoms with Gasteiger partial charge in [-0.3, -0.25) is 19.1 Å². The Morgan fingerprint density at radius 3 is 2.65 bits per heavy atom. The highest BCUT2D eigenvalue weighted by Gasteiger charge is 2.19. The van der Waals surface area contributed by atoms with Gasteiger partial charge in [0, 0.05) is 31.9 Å². The van der Waals surface area contributed by atoms with Gasteiger partial charge in [0.15, 0.2) is 5.65 Å². The third-order valence-corrected chi connectivity index (χ3v) is 4.01. The highest BCUT2D eigenvalue weighted by atomic mass is 16.1. The van der Waals surface area contributed by atoms with Gasteiger partial charge < -0.3 is 5.32 Å². The fourth-order valence-corrected chi connectivity index (χ4v) is 2.61. The number of fused-ring (bicyclic) bond motifs is 1. The summed E-state index contributed by atoms with van der Waals surface area (Å²) in [6, 6.07) is 3.69. The number of carbonyl (C=O) groups excluding carboxylic acids is 1. The first-order valence-electron chi connectivity index (χ1n) is 8.45. The number of nitrogens with one attached hydrogen (secondary N) is 1. The van der Waals surface area contributed by atoms with Crippen molar-refractivity contribution in [1.82, 2.24) is 29.6 Å². The molecule has 8 nitrogen and oxygen atoms in total. The van der Waals surface area contributed by atoms with Crippen LogP contribution in [0.15, 0.2) is 41.8 Å².